The third-order valence-corrected chi connectivity index (χ3v) is 7.48. The van der Waals surface area contributed by atoms with Gasteiger partial charge in [0, 0.05) is 22.5 Å². The van der Waals surface area contributed by atoms with Crippen molar-refractivity contribution in [2.45, 2.75) is 19.5 Å². The summed E-state index contributed by atoms with van der Waals surface area (Å²) in [6, 6.07) is 24.7. The van der Waals surface area contributed by atoms with E-state index in [0.29, 0.717) is 12.1 Å². The maximum Gasteiger partial charge on any atom is 0.335 e. The van der Waals surface area contributed by atoms with E-state index in [9.17, 15) is 14.7 Å². The van der Waals surface area contributed by atoms with Crippen LogP contribution in [0.3, 0.4) is 0 Å². The van der Waals surface area contributed by atoms with Crippen LogP contribution in [0.4, 0.5) is 0 Å². The molecule has 2 heterocycles. The number of hydrogen-bond acceptors (Lipinski definition) is 5. The van der Waals surface area contributed by atoms with Crippen LogP contribution >= 0.6 is 11.5 Å². The van der Waals surface area contributed by atoms with Crippen LogP contribution in [-0.4, -0.2) is 31.1 Å². The van der Waals surface area contributed by atoms with Gasteiger partial charge in [0.2, 0.25) is 0 Å². The molecule has 0 aliphatic heterocycles. The van der Waals surface area contributed by atoms with Crippen LogP contribution in [0.1, 0.15) is 44.8 Å². The normalized spacial score (nSPS) is 12.0. The third kappa shape index (κ3) is 4.89. The average Bonchev–Trinajstić information content (AvgIpc) is 3.63. The number of carbonyl (C=O) groups excluding carboxylic acids is 1. The Balaban J connectivity index is 1.38. The van der Waals surface area contributed by atoms with E-state index >= 15 is 0 Å². The predicted molar refractivity (Wildman–Crippen MR) is 153 cm³/mol. The van der Waals surface area contributed by atoms with Crippen molar-refractivity contribution in [2.75, 3.05) is 0 Å². The van der Waals surface area contributed by atoms with Gasteiger partial charge in [-0.25, -0.2) is 9.17 Å². The van der Waals surface area contributed by atoms with Crippen LogP contribution in [0.25, 0.3) is 32.8 Å². The molecule has 0 unspecified atom stereocenters. The van der Waals surface area contributed by atoms with E-state index in [1.54, 1.807) is 36.7 Å². The molecule has 0 aliphatic rings. The highest BCUT2D eigenvalue weighted by atomic mass is 32.1. The molecule has 1 atom stereocenters. The predicted octanol–water partition coefficient (Wildman–Crippen LogP) is 6.55. The summed E-state index contributed by atoms with van der Waals surface area (Å²) in [5, 5.41) is 22.1. The smallest absolute Gasteiger partial charge is 0.335 e. The van der Waals surface area contributed by atoms with Crippen LogP contribution in [0.5, 0.6) is 0 Å². The number of carbonyl (C=O) groups is 2. The molecule has 0 bridgehead atoms. The number of nitrogens with zero attached hydrogens (tertiary/aromatic N) is 3. The molecule has 192 valence electrons. The van der Waals surface area contributed by atoms with Crippen LogP contribution in [0.2, 0.25) is 0 Å². The Morgan fingerprint density at radius 3 is 2.46 bits per heavy atom. The molecule has 2 aromatic heterocycles. The van der Waals surface area contributed by atoms with Gasteiger partial charge in [-0.1, -0.05) is 48.5 Å². The molecule has 8 heteroatoms. The number of aromatic nitrogens is 3. The zero-order valence-corrected chi connectivity index (χ0v) is 21.9. The fourth-order valence-corrected chi connectivity index (χ4v) is 5.37. The number of aromatic carboxylic acids is 1. The van der Waals surface area contributed by atoms with Gasteiger partial charge < -0.3 is 10.4 Å². The molecule has 0 fully saturated rings. The SMILES string of the molecule is C[C@H](NC(=O)c1cc(-c2cnsc2)cc2cnn(Cc3ccc4ccccc4c3)c12)c1ccc(C(=O)O)cc1. The van der Waals surface area contributed by atoms with Crippen LogP contribution in [-0.2, 0) is 6.54 Å². The molecule has 4 aromatic carbocycles. The van der Waals surface area contributed by atoms with Gasteiger partial charge in [0.1, 0.15) is 0 Å². The minimum atomic E-state index is -0.986. The number of fused-ring (bicyclic) bond motifs is 2. The molecule has 7 nitrogen and oxygen atoms in total. The number of hydrogen-bond donors (Lipinski definition) is 2. The Labute approximate surface area is 228 Å². The lowest BCUT2D eigenvalue weighted by molar-refractivity contribution is 0.0696. The van der Waals surface area contributed by atoms with Gasteiger partial charge in [0.05, 0.1) is 35.4 Å². The largest absolute Gasteiger partial charge is 0.478 e. The second kappa shape index (κ2) is 10.2. The third-order valence-electron chi connectivity index (χ3n) is 6.90. The molecule has 6 aromatic rings. The molecular weight excluding hydrogens is 508 g/mol. The summed E-state index contributed by atoms with van der Waals surface area (Å²) >= 11 is 1.36. The molecule has 0 saturated carbocycles. The summed E-state index contributed by atoms with van der Waals surface area (Å²) in [6.45, 7) is 2.39. The first-order chi connectivity index (χ1) is 19.0. The van der Waals surface area contributed by atoms with Crippen LogP contribution < -0.4 is 5.32 Å². The van der Waals surface area contributed by atoms with Crippen molar-refractivity contribution < 1.29 is 14.7 Å². The van der Waals surface area contributed by atoms with Crippen LogP contribution in [0.15, 0.2) is 96.6 Å². The van der Waals surface area contributed by atoms with Gasteiger partial charge in [-0.15, -0.1) is 0 Å². The number of carboxylic acids is 1. The van der Waals surface area contributed by atoms with Crippen molar-refractivity contribution in [1.82, 2.24) is 19.5 Å². The summed E-state index contributed by atoms with van der Waals surface area (Å²) < 4.78 is 6.10. The number of carboxylic acid groups (broad SMARTS) is 1. The minimum absolute atomic E-state index is 0.202. The highest BCUT2D eigenvalue weighted by molar-refractivity contribution is 7.03. The molecular formula is C31H24N4O3S. The molecule has 0 saturated heterocycles. The quantitative estimate of drug-likeness (QED) is 0.243. The van der Waals surface area contributed by atoms with Gasteiger partial charge in [-0.2, -0.15) is 5.10 Å². The molecule has 0 aliphatic carbocycles. The van der Waals surface area contributed by atoms with Gasteiger partial charge in [-0.05, 0) is 76.3 Å². The summed E-state index contributed by atoms with van der Waals surface area (Å²) in [7, 11) is 0. The number of nitrogens with one attached hydrogen (secondary N) is 1. The number of amides is 1. The van der Waals surface area contributed by atoms with Crippen molar-refractivity contribution in [2.24, 2.45) is 0 Å². The Hall–Kier alpha value is -4.82. The lowest BCUT2D eigenvalue weighted by Crippen LogP contribution is -2.27. The van der Waals surface area contributed by atoms with Crippen molar-refractivity contribution in [3.63, 3.8) is 0 Å². The summed E-state index contributed by atoms with van der Waals surface area (Å²) in [6.07, 6.45) is 3.59. The Morgan fingerprint density at radius 1 is 0.923 bits per heavy atom. The summed E-state index contributed by atoms with van der Waals surface area (Å²) in [5.74, 6) is -1.22. The first kappa shape index (κ1) is 24.5. The maximum absolute atomic E-state index is 13.8. The van der Waals surface area contributed by atoms with Crippen LogP contribution in [0, 0.1) is 0 Å². The summed E-state index contributed by atoms with van der Waals surface area (Å²) in [5.41, 5.74) is 5.20. The van der Waals surface area contributed by atoms with Crippen molar-refractivity contribution in [1.29, 1.82) is 0 Å². The monoisotopic (exact) mass is 532 g/mol. The Bertz CT molecular complexity index is 1820. The highest BCUT2D eigenvalue weighted by Crippen LogP contribution is 2.30. The fraction of sp³-hybridized carbons (Fsp3) is 0.0968. The lowest BCUT2D eigenvalue weighted by Gasteiger charge is -2.16. The van der Waals surface area contributed by atoms with E-state index in [4.69, 9.17) is 0 Å². The molecule has 0 radical (unpaired) electrons. The van der Waals surface area contributed by atoms with Gasteiger partial charge in [-0.3, -0.25) is 9.48 Å². The molecule has 0 spiro atoms. The zero-order chi connectivity index (χ0) is 26.9. The first-order valence-corrected chi connectivity index (χ1v) is 13.3. The topological polar surface area (TPSA) is 97.1 Å². The second-order valence-electron chi connectivity index (χ2n) is 9.48. The molecule has 6 rings (SSSR count). The van der Waals surface area contributed by atoms with Gasteiger partial charge in [0.25, 0.3) is 5.91 Å². The summed E-state index contributed by atoms with van der Waals surface area (Å²) in [4.78, 5) is 25.0. The fourth-order valence-electron chi connectivity index (χ4n) is 4.82. The average molecular weight is 533 g/mol. The standard InChI is InChI=1S/C31H24N4O3S/c1-19(21-8-10-23(11-9-21)31(37)38)34-30(36)28-14-25(27-16-33-39-18-27)13-26-15-32-35(29(26)28)17-20-6-7-22-4-2-3-5-24(22)12-20/h2-16,18-19H,17H2,1H3,(H,34,36)(H,37,38)/t19-/m0/s1. The van der Waals surface area contributed by atoms with Crippen molar-refractivity contribution in [3.05, 3.63) is 119 Å². The maximum atomic E-state index is 13.8. The highest BCUT2D eigenvalue weighted by Gasteiger charge is 2.20. The van der Waals surface area contributed by atoms with Crippen molar-refractivity contribution >= 4 is 45.1 Å². The first-order valence-electron chi connectivity index (χ1n) is 12.5. The van der Waals surface area contributed by atoms with Gasteiger partial charge in [0.15, 0.2) is 0 Å². The van der Waals surface area contributed by atoms with Gasteiger partial charge >= 0.3 is 5.97 Å². The van der Waals surface area contributed by atoms with Crippen molar-refractivity contribution in [3.8, 4) is 11.1 Å². The Morgan fingerprint density at radius 2 is 1.72 bits per heavy atom. The van der Waals surface area contributed by atoms with E-state index in [2.05, 4.69) is 45.1 Å². The lowest BCUT2D eigenvalue weighted by atomic mass is 10.0. The molecule has 1 amide bonds. The van der Waals surface area contributed by atoms with E-state index in [1.807, 2.05) is 41.3 Å². The number of benzene rings is 4. The van der Waals surface area contributed by atoms with E-state index < -0.39 is 5.97 Å². The second-order valence-corrected chi connectivity index (χ2v) is 10.1. The Kier molecular flexibility index (Phi) is 6.38. The van der Waals surface area contributed by atoms with E-state index in [0.717, 1.165) is 38.5 Å². The zero-order valence-electron chi connectivity index (χ0n) is 21.0. The van der Waals surface area contributed by atoms with E-state index in [-0.39, 0.29) is 17.5 Å². The number of rotatable bonds is 7. The molecule has 2 N–H and O–H groups in total. The molecule has 39 heavy (non-hydrogen) atoms. The van der Waals surface area contributed by atoms with E-state index in [1.165, 1.54) is 16.9 Å². The minimum Gasteiger partial charge on any atom is -0.478 e.